The zero-order chi connectivity index (χ0) is 9.40. The molecule has 0 bridgehead atoms. The molecule has 12 heavy (non-hydrogen) atoms. The van der Waals surface area contributed by atoms with Gasteiger partial charge in [-0.1, -0.05) is 0 Å². The molecule has 4 nitrogen and oxygen atoms in total. The number of carbonyl (C=O) groups excluding carboxylic acids is 1. The van der Waals surface area contributed by atoms with Crippen LogP contribution in [0.5, 0.6) is 0 Å². The van der Waals surface area contributed by atoms with E-state index in [1.165, 1.54) is 0 Å². The Labute approximate surface area is 78.8 Å². The summed E-state index contributed by atoms with van der Waals surface area (Å²) in [5.74, 6) is 0.619. The third-order valence-corrected chi connectivity index (χ3v) is 5.33. The van der Waals surface area contributed by atoms with Crippen LogP contribution in [-0.2, 0) is 14.7 Å². The van der Waals surface area contributed by atoms with Gasteiger partial charge in [0, 0.05) is 13.1 Å². The summed E-state index contributed by atoms with van der Waals surface area (Å²) in [5, 5.41) is 10.3. The minimum absolute atomic E-state index is 0.0991. The topological polar surface area (TPSA) is 92.2 Å². The minimum atomic E-state index is -1.00. The van der Waals surface area contributed by atoms with Crippen molar-refractivity contribution in [3.8, 4) is 0 Å². The zero-order valence-corrected chi connectivity index (χ0v) is 8.46. The van der Waals surface area contributed by atoms with Gasteiger partial charge in [0.1, 0.15) is 5.75 Å². The Hall–Kier alpha value is 0.0900. The molecular weight excluding hydrogens is 196 g/mol. The van der Waals surface area contributed by atoms with E-state index in [2.05, 4.69) is 0 Å². The molecule has 0 saturated carbocycles. The molecule has 0 radical (unpaired) electrons. The number of carbonyl (C=O) groups is 1. The van der Waals surface area contributed by atoms with Gasteiger partial charge in [-0.2, -0.15) is 0 Å². The molecule has 4 N–H and O–H groups in total. The van der Waals surface area contributed by atoms with E-state index in [0.717, 1.165) is 11.5 Å². The fraction of sp³-hybridized carbons (Fsp3) is 0.833. The number of hydrogen-bond donors (Lipinski definition) is 2. The average Bonchev–Trinajstić information content (AvgIpc) is 2.00. The van der Waals surface area contributed by atoms with Crippen LogP contribution in [-0.4, -0.2) is 36.3 Å². The van der Waals surface area contributed by atoms with Gasteiger partial charge < -0.3 is 21.4 Å². The van der Waals surface area contributed by atoms with Crippen molar-refractivity contribution >= 4 is 26.7 Å². The Balaban J connectivity index is 3.61. The van der Waals surface area contributed by atoms with Crippen molar-refractivity contribution in [2.24, 2.45) is 11.5 Å². The maximum Gasteiger partial charge on any atom is 0.159 e. The van der Waals surface area contributed by atoms with Gasteiger partial charge in [0.2, 0.25) is 0 Å². The zero-order valence-electron chi connectivity index (χ0n) is 6.82. The summed E-state index contributed by atoms with van der Waals surface area (Å²) in [5.41, 5.74) is 10.6. The average molecular weight is 210 g/mol. The van der Waals surface area contributed by atoms with Crippen LogP contribution in [0.1, 0.15) is 0 Å². The molecule has 0 amide bonds. The predicted octanol–water partition coefficient (Wildman–Crippen LogP) is -2.08. The highest BCUT2D eigenvalue weighted by atomic mass is 33.1. The van der Waals surface area contributed by atoms with E-state index in [9.17, 15) is 9.90 Å². The molecule has 0 rings (SSSR count). The monoisotopic (exact) mass is 210 g/mol. The maximum atomic E-state index is 10.3. The van der Waals surface area contributed by atoms with Crippen molar-refractivity contribution in [2.75, 3.05) is 30.3 Å². The van der Waals surface area contributed by atoms with Gasteiger partial charge in [-0.25, -0.2) is 0 Å². The van der Waals surface area contributed by atoms with E-state index in [0.29, 0.717) is 13.1 Å². The number of nitrogens with two attached hydrogens (primary N) is 2. The van der Waals surface area contributed by atoms with Crippen LogP contribution in [0.15, 0.2) is 0 Å². The summed E-state index contributed by atoms with van der Waals surface area (Å²) in [6, 6.07) is 0. The van der Waals surface area contributed by atoms with Crippen molar-refractivity contribution in [3.63, 3.8) is 0 Å². The summed E-state index contributed by atoms with van der Waals surface area (Å²) >= 11 is 0. The van der Waals surface area contributed by atoms with Gasteiger partial charge >= 0.3 is 0 Å². The Morgan fingerprint density at radius 3 is 2.50 bits per heavy atom. The molecule has 0 aliphatic heterocycles. The molecular formula is C6H14N2O2S2. The predicted molar refractivity (Wildman–Crippen MR) is 52.7 cm³/mol. The fourth-order valence-corrected chi connectivity index (χ4v) is 3.98. The highest BCUT2D eigenvalue weighted by Crippen LogP contribution is 2.14. The summed E-state index contributed by atoms with van der Waals surface area (Å²) < 4.78 is 0. The number of rotatable bonds is 7. The van der Waals surface area contributed by atoms with Crippen LogP contribution in [0.4, 0.5) is 0 Å². The third kappa shape index (κ3) is 6.78. The maximum absolute atomic E-state index is 10.3. The van der Waals surface area contributed by atoms with E-state index in [1.807, 2.05) is 0 Å². The largest absolute Gasteiger partial charge is 0.545 e. The summed E-state index contributed by atoms with van der Waals surface area (Å²) in [6.45, 7) is 1.10. The van der Waals surface area contributed by atoms with Gasteiger partial charge in [-0.15, -0.1) is 0 Å². The lowest BCUT2D eigenvalue weighted by atomic mass is 10.8. The second-order valence-corrected chi connectivity index (χ2v) is 6.40. The Morgan fingerprint density at radius 2 is 2.08 bits per heavy atom. The number of carboxylic acids is 1. The molecule has 0 saturated heterocycles. The van der Waals surface area contributed by atoms with E-state index >= 15 is 0 Å². The SMILES string of the molecule is NCCS[S+](CCN)CC(=O)[O-]. The van der Waals surface area contributed by atoms with Crippen LogP contribution < -0.4 is 16.6 Å². The van der Waals surface area contributed by atoms with Crippen molar-refractivity contribution in [1.82, 2.24) is 0 Å². The van der Waals surface area contributed by atoms with Gasteiger partial charge in [-0.05, 0) is 0 Å². The van der Waals surface area contributed by atoms with Crippen LogP contribution in [0.25, 0.3) is 0 Å². The molecule has 0 heterocycles. The first-order valence-electron chi connectivity index (χ1n) is 3.61. The van der Waals surface area contributed by atoms with Crippen molar-refractivity contribution in [3.05, 3.63) is 0 Å². The van der Waals surface area contributed by atoms with Gasteiger partial charge in [0.05, 0.1) is 32.4 Å². The van der Waals surface area contributed by atoms with Crippen LogP contribution in [0, 0.1) is 0 Å². The molecule has 0 fully saturated rings. The molecule has 1 atom stereocenters. The second-order valence-electron chi connectivity index (χ2n) is 2.06. The van der Waals surface area contributed by atoms with Crippen molar-refractivity contribution in [2.45, 2.75) is 0 Å². The lowest BCUT2D eigenvalue weighted by Gasteiger charge is -2.05. The molecule has 0 aromatic heterocycles. The normalized spacial score (nSPS) is 12.8. The first-order chi connectivity index (χ1) is 5.70. The number of aliphatic carboxylic acids is 1. The first kappa shape index (κ1) is 12.1. The van der Waals surface area contributed by atoms with Crippen molar-refractivity contribution in [1.29, 1.82) is 0 Å². The molecule has 6 heteroatoms. The quantitative estimate of drug-likeness (QED) is 0.372. The Bertz CT molecular complexity index is 135. The lowest BCUT2D eigenvalue weighted by molar-refractivity contribution is -0.301. The highest BCUT2D eigenvalue weighted by molar-refractivity contribution is 8.74. The van der Waals surface area contributed by atoms with Crippen LogP contribution in [0.3, 0.4) is 0 Å². The first-order valence-corrected chi connectivity index (χ1v) is 6.68. The standard InChI is InChI=1S/C6H14N2O2S2/c7-1-3-11-12(4-2-8)5-6(9)10/h1-5,7-8H2. The highest BCUT2D eigenvalue weighted by Gasteiger charge is 2.18. The van der Waals surface area contributed by atoms with Gasteiger partial charge in [-0.3, -0.25) is 0 Å². The lowest BCUT2D eigenvalue weighted by Crippen LogP contribution is -2.32. The molecule has 0 aromatic rings. The van der Waals surface area contributed by atoms with Gasteiger partial charge in [0.15, 0.2) is 5.75 Å². The minimum Gasteiger partial charge on any atom is -0.545 e. The molecule has 0 aliphatic rings. The van der Waals surface area contributed by atoms with Gasteiger partial charge in [0.25, 0.3) is 0 Å². The van der Waals surface area contributed by atoms with E-state index in [4.69, 9.17) is 11.5 Å². The van der Waals surface area contributed by atoms with Crippen LogP contribution >= 0.6 is 10.8 Å². The fourth-order valence-electron chi connectivity index (χ4n) is 0.602. The van der Waals surface area contributed by atoms with E-state index in [1.54, 1.807) is 10.8 Å². The number of hydrogen-bond acceptors (Lipinski definition) is 5. The van der Waals surface area contributed by atoms with E-state index < -0.39 is 5.97 Å². The Kier molecular flexibility index (Phi) is 7.78. The third-order valence-electron chi connectivity index (χ3n) is 0.992. The molecule has 0 aromatic carbocycles. The van der Waals surface area contributed by atoms with Crippen LogP contribution in [0.2, 0.25) is 0 Å². The molecule has 0 aliphatic carbocycles. The summed E-state index contributed by atoms with van der Waals surface area (Å²) in [6.07, 6.45) is 0. The smallest absolute Gasteiger partial charge is 0.159 e. The number of carboxylic acid groups (broad SMARTS) is 1. The second kappa shape index (κ2) is 7.72. The Morgan fingerprint density at radius 1 is 1.42 bits per heavy atom. The molecule has 1 unspecified atom stereocenters. The summed E-state index contributed by atoms with van der Waals surface area (Å²) in [4.78, 5) is 10.3. The molecule has 0 spiro atoms. The van der Waals surface area contributed by atoms with Crippen molar-refractivity contribution < 1.29 is 9.90 Å². The van der Waals surface area contributed by atoms with E-state index in [-0.39, 0.29) is 15.7 Å². The summed E-state index contributed by atoms with van der Waals surface area (Å²) in [7, 11) is 1.37. The molecule has 72 valence electrons.